The average Bonchev–Trinajstić information content (AvgIpc) is 2.51. The molecule has 0 spiro atoms. The summed E-state index contributed by atoms with van der Waals surface area (Å²) < 4.78 is 4.10. The fourth-order valence-corrected chi connectivity index (χ4v) is 1.48. The number of nitrogens with zero attached hydrogens (tertiary/aromatic N) is 1. The van der Waals surface area contributed by atoms with Crippen molar-refractivity contribution in [1.82, 2.24) is 9.69 Å². The minimum absolute atomic E-state index is 0.139. The molecule has 0 saturated heterocycles. The third-order valence-corrected chi connectivity index (χ3v) is 2.38. The van der Waals surface area contributed by atoms with E-state index in [2.05, 4.69) is 9.69 Å². The quantitative estimate of drug-likeness (QED) is 0.896. The molecule has 0 radical (unpaired) electrons. The van der Waals surface area contributed by atoms with Crippen molar-refractivity contribution in [3.05, 3.63) is 27.2 Å². The van der Waals surface area contributed by atoms with Gasteiger partial charge in [-0.1, -0.05) is 23.2 Å². The second-order valence-electron chi connectivity index (χ2n) is 2.53. The molecule has 0 aromatic carbocycles. The molecule has 1 N–H and O–H groups in total. The summed E-state index contributed by atoms with van der Waals surface area (Å²) in [5, 5.41) is 2.60. The average molecular weight is 251 g/mol. The molecule has 0 aliphatic heterocycles. The van der Waals surface area contributed by atoms with Crippen LogP contribution in [0.2, 0.25) is 0 Å². The number of aryl methyl sites for hydroxylation is 1. The fraction of sp³-hybridized carbons (Fsp3) is 0.250. The van der Waals surface area contributed by atoms with Gasteiger partial charge in [0.1, 0.15) is 10.2 Å². The SMILES string of the molecule is Cc1cc(C(=O)NCC=C(Cl)Cl)ns1. The van der Waals surface area contributed by atoms with Crippen LogP contribution in [0.15, 0.2) is 16.6 Å². The summed E-state index contributed by atoms with van der Waals surface area (Å²) in [5.41, 5.74) is 0.423. The molecular weight excluding hydrogens is 243 g/mol. The highest BCUT2D eigenvalue weighted by Crippen LogP contribution is 2.08. The minimum atomic E-state index is -0.222. The zero-order valence-corrected chi connectivity index (χ0v) is 9.71. The Balaban J connectivity index is 2.47. The summed E-state index contributed by atoms with van der Waals surface area (Å²) in [6.45, 7) is 2.20. The maximum Gasteiger partial charge on any atom is 0.271 e. The van der Waals surface area contributed by atoms with Gasteiger partial charge in [0, 0.05) is 11.4 Å². The highest BCUT2D eigenvalue weighted by molar-refractivity contribution is 7.05. The first-order valence-corrected chi connectivity index (χ1v) is 5.35. The highest BCUT2D eigenvalue weighted by Gasteiger charge is 2.07. The lowest BCUT2D eigenvalue weighted by atomic mass is 10.3. The largest absolute Gasteiger partial charge is 0.347 e. The summed E-state index contributed by atoms with van der Waals surface area (Å²) in [5.74, 6) is -0.222. The third-order valence-electron chi connectivity index (χ3n) is 1.38. The predicted molar refractivity (Wildman–Crippen MR) is 59.0 cm³/mol. The van der Waals surface area contributed by atoms with E-state index in [1.165, 1.54) is 17.6 Å². The summed E-state index contributed by atoms with van der Waals surface area (Å²) in [6, 6.07) is 1.73. The molecule has 14 heavy (non-hydrogen) atoms. The fourth-order valence-electron chi connectivity index (χ4n) is 0.785. The second kappa shape index (κ2) is 5.34. The molecule has 0 aliphatic rings. The number of aromatic nitrogens is 1. The summed E-state index contributed by atoms with van der Waals surface area (Å²) in [7, 11) is 0. The van der Waals surface area contributed by atoms with Crippen LogP contribution in [0.3, 0.4) is 0 Å². The van der Waals surface area contributed by atoms with Crippen LogP contribution in [0, 0.1) is 6.92 Å². The summed E-state index contributed by atoms with van der Waals surface area (Å²) >= 11 is 12.0. The van der Waals surface area contributed by atoms with Crippen molar-refractivity contribution in [2.24, 2.45) is 0 Å². The number of halogens is 2. The maximum absolute atomic E-state index is 11.4. The Hall–Kier alpha value is -0.580. The van der Waals surface area contributed by atoms with Gasteiger partial charge < -0.3 is 5.32 Å². The molecule has 0 fully saturated rings. The smallest absolute Gasteiger partial charge is 0.271 e. The van der Waals surface area contributed by atoms with Crippen LogP contribution < -0.4 is 5.32 Å². The molecule has 1 amide bonds. The van der Waals surface area contributed by atoms with Gasteiger partial charge in [-0.05, 0) is 30.6 Å². The topological polar surface area (TPSA) is 42.0 Å². The molecule has 0 unspecified atom stereocenters. The zero-order valence-electron chi connectivity index (χ0n) is 7.38. The third kappa shape index (κ3) is 3.65. The Kier molecular flexibility index (Phi) is 4.38. The first-order valence-electron chi connectivity index (χ1n) is 3.82. The highest BCUT2D eigenvalue weighted by atomic mass is 35.5. The number of hydrogen-bond donors (Lipinski definition) is 1. The molecule has 6 heteroatoms. The van der Waals surface area contributed by atoms with E-state index in [4.69, 9.17) is 23.2 Å². The van der Waals surface area contributed by atoms with E-state index >= 15 is 0 Å². The zero-order chi connectivity index (χ0) is 10.6. The normalized spacial score (nSPS) is 9.64. The molecular formula is C8H8Cl2N2OS. The van der Waals surface area contributed by atoms with Crippen molar-refractivity contribution in [1.29, 1.82) is 0 Å². The van der Waals surface area contributed by atoms with Gasteiger partial charge in [-0.2, -0.15) is 4.37 Å². The second-order valence-corrected chi connectivity index (χ2v) is 4.54. The van der Waals surface area contributed by atoms with Crippen LogP contribution in [0.25, 0.3) is 0 Å². The van der Waals surface area contributed by atoms with Crippen LogP contribution in [-0.2, 0) is 0 Å². The number of rotatable bonds is 3. The number of amides is 1. The molecule has 1 aromatic heterocycles. The Labute approximate surface area is 95.9 Å². The van der Waals surface area contributed by atoms with Crippen molar-refractivity contribution >= 4 is 40.6 Å². The molecule has 0 aliphatic carbocycles. The van der Waals surface area contributed by atoms with Crippen molar-refractivity contribution in [2.45, 2.75) is 6.92 Å². The van der Waals surface area contributed by atoms with Crippen molar-refractivity contribution in [3.8, 4) is 0 Å². The Morgan fingerprint density at radius 3 is 2.93 bits per heavy atom. The van der Waals surface area contributed by atoms with E-state index in [1.54, 1.807) is 6.07 Å². The Morgan fingerprint density at radius 2 is 2.43 bits per heavy atom. The van der Waals surface area contributed by atoms with Crippen LogP contribution in [0.1, 0.15) is 15.4 Å². The summed E-state index contributed by atoms with van der Waals surface area (Å²) in [6.07, 6.45) is 1.50. The number of hydrogen-bond acceptors (Lipinski definition) is 3. The van der Waals surface area contributed by atoms with E-state index in [-0.39, 0.29) is 10.4 Å². The van der Waals surface area contributed by atoms with Crippen LogP contribution in [0.4, 0.5) is 0 Å². The van der Waals surface area contributed by atoms with Crippen molar-refractivity contribution < 1.29 is 4.79 Å². The van der Waals surface area contributed by atoms with E-state index < -0.39 is 0 Å². The molecule has 76 valence electrons. The van der Waals surface area contributed by atoms with Gasteiger partial charge in [-0.3, -0.25) is 4.79 Å². The molecule has 0 bridgehead atoms. The first-order chi connectivity index (χ1) is 6.59. The molecule has 1 rings (SSSR count). The number of carbonyl (C=O) groups is 1. The molecule has 1 heterocycles. The van der Waals surface area contributed by atoms with Gasteiger partial charge in [-0.15, -0.1) is 0 Å². The maximum atomic E-state index is 11.4. The van der Waals surface area contributed by atoms with Crippen molar-refractivity contribution in [3.63, 3.8) is 0 Å². The first kappa shape index (κ1) is 11.5. The predicted octanol–water partition coefficient (Wildman–Crippen LogP) is 2.50. The number of nitrogens with one attached hydrogen (secondary N) is 1. The van der Waals surface area contributed by atoms with Gasteiger partial charge >= 0.3 is 0 Å². The van der Waals surface area contributed by atoms with E-state index in [1.807, 2.05) is 6.92 Å². The summed E-state index contributed by atoms with van der Waals surface area (Å²) in [4.78, 5) is 12.4. The van der Waals surface area contributed by atoms with Crippen molar-refractivity contribution in [2.75, 3.05) is 6.54 Å². The van der Waals surface area contributed by atoms with Crippen LogP contribution in [0.5, 0.6) is 0 Å². The standard InChI is InChI=1S/C8H8Cl2N2OS/c1-5-4-6(12-14-5)8(13)11-3-2-7(9)10/h2,4H,3H2,1H3,(H,11,13). The lowest BCUT2D eigenvalue weighted by molar-refractivity contribution is 0.0954. The van der Waals surface area contributed by atoms with E-state index in [9.17, 15) is 4.79 Å². The Bertz CT molecular complexity index is 358. The minimum Gasteiger partial charge on any atom is -0.347 e. The number of carbonyl (C=O) groups excluding carboxylic acids is 1. The molecule has 0 saturated carbocycles. The van der Waals surface area contributed by atoms with Gasteiger partial charge in [0.05, 0.1) is 0 Å². The Morgan fingerprint density at radius 1 is 1.71 bits per heavy atom. The van der Waals surface area contributed by atoms with Gasteiger partial charge in [-0.25, -0.2) is 0 Å². The van der Waals surface area contributed by atoms with Gasteiger partial charge in [0.2, 0.25) is 0 Å². The molecule has 0 atom stereocenters. The molecule has 1 aromatic rings. The van der Waals surface area contributed by atoms with Gasteiger partial charge in [0.15, 0.2) is 0 Å². The van der Waals surface area contributed by atoms with Crippen LogP contribution in [-0.4, -0.2) is 16.8 Å². The van der Waals surface area contributed by atoms with E-state index in [0.29, 0.717) is 12.2 Å². The lowest BCUT2D eigenvalue weighted by Crippen LogP contribution is -2.23. The monoisotopic (exact) mass is 250 g/mol. The molecule has 3 nitrogen and oxygen atoms in total. The lowest BCUT2D eigenvalue weighted by Gasteiger charge is -1.97. The van der Waals surface area contributed by atoms with E-state index in [0.717, 1.165) is 4.88 Å². The van der Waals surface area contributed by atoms with Gasteiger partial charge in [0.25, 0.3) is 5.91 Å². The van der Waals surface area contributed by atoms with Crippen LogP contribution >= 0.6 is 34.7 Å².